The molecule has 1 aromatic heterocycles. The van der Waals surface area contributed by atoms with Gasteiger partial charge in [0.25, 0.3) is 5.91 Å². The highest BCUT2D eigenvalue weighted by atomic mass is 16.2. The summed E-state index contributed by atoms with van der Waals surface area (Å²) in [5, 5.41) is 10.0. The van der Waals surface area contributed by atoms with Crippen molar-refractivity contribution in [1.82, 2.24) is 20.0 Å². The first kappa shape index (κ1) is 20.6. The third-order valence-electron chi connectivity index (χ3n) is 5.23. The van der Waals surface area contributed by atoms with Crippen LogP contribution in [-0.2, 0) is 9.59 Å². The van der Waals surface area contributed by atoms with Gasteiger partial charge in [-0.25, -0.2) is 9.48 Å². The van der Waals surface area contributed by atoms with E-state index in [0.717, 1.165) is 29.1 Å². The number of para-hydroxylation sites is 1. The van der Waals surface area contributed by atoms with Crippen molar-refractivity contribution >= 4 is 23.5 Å². The molecule has 8 nitrogen and oxygen atoms in total. The second-order valence-electron chi connectivity index (χ2n) is 7.60. The smallest absolute Gasteiger partial charge is 0.323 e. The molecule has 0 radical (unpaired) electrons. The van der Waals surface area contributed by atoms with Gasteiger partial charge in [-0.1, -0.05) is 38.0 Å². The average molecular weight is 397 g/mol. The molecule has 1 fully saturated rings. The zero-order chi connectivity index (χ0) is 21.2. The van der Waals surface area contributed by atoms with Crippen LogP contribution in [0.4, 0.5) is 10.5 Å². The number of carbonyl (C=O) groups is 3. The third-order valence-corrected chi connectivity index (χ3v) is 5.23. The van der Waals surface area contributed by atoms with E-state index < -0.39 is 17.5 Å². The van der Waals surface area contributed by atoms with Crippen molar-refractivity contribution < 1.29 is 14.4 Å². The van der Waals surface area contributed by atoms with Crippen molar-refractivity contribution in [2.24, 2.45) is 0 Å². The van der Waals surface area contributed by atoms with Gasteiger partial charge in [-0.2, -0.15) is 5.10 Å². The fourth-order valence-electron chi connectivity index (χ4n) is 3.56. The van der Waals surface area contributed by atoms with Crippen molar-refractivity contribution in [3.8, 4) is 5.69 Å². The number of nitrogens with zero attached hydrogens (tertiary/aromatic N) is 3. The Kier molecular flexibility index (Phi) is 5.72. The summed E-state index contributed by atoms with van der Waals surface area (Å²) >= 11 is 0. The molecule has 0 spiro atoms. The number of unbranched alkanes of at least 4 members (excludes halogenated alkanes) is 1. The number of amides is 4. The first-order valence-corrected chi connectivity index (χ1v) is 9.82. The molecule has 1 aliphatic rings. The molecular weight excluding hydrogens is 370 g/mol. The van der Waals surface area contributed by atoms with E-state index in [1.807, 2.05) is 44.2 Å². The van der Waals surface area contributed by atoms with Crippen LogP contribution in [0.3, 0.4) is 0 Å². The van der Waals surface area contributed by atoms with E-state index in [2.05, 4.69) is 15.7 Å². The van der Waals surface area contributed by atoms with Gasteiger partial charge in [0.1, 0.15) is 12.1 Å². The number of aromatic nitrogens is 2. The largest absolute Gasteiger partial charge is 0.325 e. The molecule has 2 aromatic rings. The van der Waals surface area contributed by atoms with Crippen LogP contribution in [0.15, 0.2) is 30.3 Å². The number of imide groups is 1. The lowest BCUT2D eigenvalue weighted by Gasteiger charge is -2.21. The zero-order valence-electron chi connectivity index (χ0n) is 17.3. The molecule has 0 unspecified atom stereocenters. The standard InChI is InChI=1S/C21H27N5O3/c1-5-6-12-21(4)19(28)25(20(29)23-21)13-17(27)22-18-14(2)24-26(15(18)3)16-10-8-7-9-11-16/h7-11H,5-6,12-13H2,1-4H3,(H,22,27)(H,23,29)/t21-/m1/s1. The molecule has 2 N–H and O–H groups in total. The highest BCUT2D eigenvalue weighted by molar-refractivity contribution is 6.10. The number of carbonyl (C=O) groups excluding carboxylic acids is 3. The van der Waals surface area contributed by atoms with Gasteiger partial charge in [0, 0.05) is 0 Å². The third kappa shape index (κ3) is 4.01. The molecule has 0 saturated carbocycles. The Labute approximate surface area is 170 Å². The molecule has 0 bridgehead atoms. The number of hydrogen-bond donors (Lipinski definition) is 2. The van der Waals surface area contributed by atoms with Gasteiger partial charge >= 0.3 is 6.03 Å². The topological polar surface area (TPSA) is 96.3 Å². The molecule has 3 rings (SSSR count). The average Bonchev–Trinajstić information content (AvgIpc) is 3.09. The Morgan fingerprint density at radius 1 is 1.21 bits per heavy atom. The summed E-state index contributed by atoms with van der Waals surface area (Å²) in [4.78, 5) is 38.6. The number of urea groups is 1. The van der Waals surface area contributed by atoms with Crippen LogP contribution >= 0.6 is 0 Å². The number of rotatable bonds is 7. The molecule has 1 aromatic carbocycles. The Morgan fingerprint density at radius 3 is 2.55 bits per heavy atom. The van der Waals surface area contributed by atoms with Gasteiger partial charge in [0.15, 0.2) is 0 Å². The van der Waals surface area contributed by atoms with Crippen LogP contribution in [0.1, 0.15) is 44.5 Å². The van der Waals surface area contributed by atoms with Gasteiger partial charge < -0.3 is 10.6 Å². The Balaban J connectivity index is 1.73. The van der Waals surface area contributed by atoms with Crippen LogP contribution in [-0.4, -0.2) is 44.6 Å². The Morgan fingerprint density at radius 2 is 1.90 bits per heavy atom. The maximum Gasteiger partial charge on any atom is 0.325 e. The minimum Gasteiger partial charge on any atom is -0.323 e. The van der Waals surface area contributed by atoms with Crippen molar-refractivity contribution in [1.29, 1.82) is 0 Å². The lowest BCUT2D eigenvalue weighted by molar-refractivity contribution is -0.133. The number of nitrogens with one attached hydrogen (secondary N) is 2. The molecule has 1 saturated heterocycles. The van der Waals surface area contributed by atoms with Crippen molar-refractivity contribution in [3.63, 3.8) is 0 Å². The number of aryl methyl sites for hydroxylation is 1. The van der Waals surface area contributed by atoms with Crippen molar-refractivity contribution in [2.75, 3.05) is 11.9 Å². The fourth-order valence-corrected chi connectivity index (χ4v) is 3.56. The normalized spacial score (nSPS) is 18.8. The summed E-state index contributed by atoms with van der Waals surface area (Å²) in [6.45, 7) is 7.06. The SMILES string of the molecule is CCCC[C@@]1(C)NC(=O)N(CC(=O)Nc2c(C)nn(-c3ccccc3)c2C)C1=O. The Bertz CT molecular complexity index is 937. The van der Waals surface area contributed by atoms with E-state index in [4.69, 9.17) is 0 Å². The van der Waals surface area contributed by atoms with E-state index in [1.165, 1.54) is 0 Å². The Hall–Kier alpha value is -3.16. The van der Waals surface area contributed by atoms with Gasteiger partial charge in [-0.05, 0) is 39.3 Å². The van der Waals surface area contributed by atoms with Gasteiger partial charge in [-0.15, -0.1) is 0 Å². The van der Waals surface area contributed by atoms with Crippen LogP contribution in [0.25, 0.3) is 5.69 Å². The molecule has 2 heterocycles. The molecule has 29 heavy (non-hydrogen) atoms. The van der Waals surface area contributed by atoms with Crippen LogP contribution < -0.4 is 10.6 Å². The summed E-state index contributed by atoms with van der Waals surface area (Å²) in [7, 11) is 0. The summed E-state index contributed by atoms with van der Waals surface area (Å²) in [5.41, 5.74) is 1.95. The van der Waals surface area contributed by atoms with Crippen LogP contribution in [0, 0.1) is 13.8 Å². The number of hydrogen-bond acceptors (Lipinski definition) is 4. The van der Waals surface area contributed by atoms with Crippen molar-refractivity contribution in [2.45, 2.75) is 52.5 Å². The highest BCUT2D eigenvalue weighted by Crippen LogP contribution is 2.25. The molecule has 154 valence electrons. The first-order chi connectivity index (χ1) is 13.8. The quantitative estimate of drug-likeness (QED) is 0.702. The minimum atomic E-state index is -0.947. The van der Waals surface area contributed by atoms with Crippen LogP contribution in [0.2, 0.25) is 0 Å². The molecule has 4 amide bonds. The van der Waals surface area contributed by atoms with Crippen LogP contribution in [0.5, 0.6) is 0 Å². The summed E-state index contributed by atoms with van der Waals surface area (Å²) in [6.07, 6.45) is 2.29. The summed E-state index contributed by atoms with van der Waals surface area (Å²) < 4.78 is 1.75. The second kappa shape index (κ2) is 8.06. The van der Waals surface area contributed by atoms with E-state index in [-0.39, 0.29) is 12.5 Å². The number of benzene rings is 1. The summed E-state index contributed by atoms with van der Waals surface area (Å²) in [6, 6.07) is 9.07. The fraction of sp³-hybridized carbons (Fsp3) is 0.429. The van der Waals surface area contributed by atoms with E-state index >= 15 is 0 Å². The number of anilines is 1. The maximum atomic E-state index is 12.7. The predicted octanol–water partition coefficient (Wildman–Crippen LogP) is 2.93. The highest BCUT2D eigenvalue weighted by Gasteiger charge is 2.47. The molecule has 1 aliphatic heterocycles. The lowest BCUT2D eigenvalue weighted by atomic mass is 9.95. The first-order valence-electron chi connectivity index (χ1n) is 9.82. The molecule has 8 heteroatoms. The lowest BCUT2D eigenvalue weighted by Crippen LogP contribution is -2.44. The van der Waals surface area contributed by atoms with Crippen molar-refractivity contribution in [3.05, 3.63) is 41.7 Å². The summed E-state index contributed by atoms with van der Waals surface area (Å²) in [5.74, 6) is -0.799. The van der Waals surface area contributed by atoms with Gasteiger partial charge in [0.05, 0.1) is 22.8 Å². The van der Waals surface area contributed by atoms with E-state index in [1.54, 1.807) is 18.5 Å². The molecule has 0 aliphatic carbocycles. The maximum absolute atomic E-state index is 12.7. The van der Waals surface area contributed by atoms with E-state index in [0.29, 0.717) is 17.8 Å². The molecule has 1 atom stereocenters. The van der Waals surface area contributed by atoms with Gasteiger partial charge in [-0.3, -0.25) is 14.5 Å². The minimum absolute atomic E-state index is 0.332. The second-order valence-corrected chi connectivity index (χ2v) is 7.60. The molecular formula is C21H27N5O3. The predicted molar refractivity (Wildman–Crippen MR) is 110 cm³/mol. The van der Waals surface area contributed by atoms with E-state index in [9.17, 15) is 14.4 Å². The monoisotopic (exact) mass is 397 g/mol. The zero-order valence-corrected chi connectivity index (χ0v) is 17.3. The van der Waals surface area contributed by atoms with Gasteiger partial charge in [0.2, 0.25) is 5.91 Å².